The second kappa shape index (κ2) is 8.28. The Balaban J connectivity index is 2.19. The average Bonchev–Trinajstić information content (AvgIpc) is 3.15. The van der Waals surface area contributed by atoms with Gasteiger partial charge in [-0.2, -0.15) is 10.2 Å². The molecule has 0 saturated carbocycles. The van der Waals surface area contributed by atoms with Crippen LogP contribution in [0, 0.1) is 6.92 Å². The third-order valence-corrected chi connectivity index (χ3v) is 4.51. The van der Waals surface area contributed by atoms with E-state index in [9.17, 15) is 9.59 Å². The van der Waals surface area contributed by atoms with Gasteiger partial charge in [0.25, 0.3) is 5.91 Å². The number of aryl methyl sites for hydroxylation is 2. The lowest BCUT2D eigenvalue weighted by Gasteiger charge is -2.12. The quantitative estimate of drug-likeness (QED) is 0.732. The highest BCUT2D eigenvalue weighted by molar-refractivity contribution is 9.10. The van der Waals surface area contributed by atoms with Crippen molar-refractivity contribution in [3.8, 4) is 0 Å². The van der Waals surface area contributed by atoms with Crippen LogP contribution in [0.4, 0.5) is 5.69 Å². The summed E-state index contributed by atoms with van der Waals surface area (Å²) >= 11 is 3.39. The number of halogens is 1. The summed E-state index contributed by atoms with van der Waals surface area (Å²) < 4.78 is 4.04. The SMILES string of the molecule is CCCNC(=O)c1nn(CC)cc1NC(=O)[C@@H](C)n1cc(Br)c(C)n1. The Morgan fingerprint density at radius 2 is 2.00 bits per heavy atom. The van der Waals surface area contributed by atoms with Crippen LogP contribution in [0.1, 0.15) is 49.4 Å². The van der Waals surface area contributed by atoms with Crippen molar-refractivity contribution in [3.05, 3.63) is 28.3 Å². The zero-order valence-corrected chi connectivity index (χ0v) is 16.4. The highest BCUT2D eigenvalue weighted by Crippen LogP contribution is 2.19. The topological polar surface area (TPSA) is 93.8 Å². The van der Waals surface area contributed by atoms with E-state index in [0.29, 0.717) is 18.8 Å². The van der Waals surface area contributed by atoms with Gasteiger partial charge in [-0.15, -0.1) is 0 Å². The Kier molecular flexibility index (Phi) is 6.35. The number of nitrogens with zero attached hydrogens (tertiary/aromatic N) is 4. The van der Waals surface area contributed by atoms with Crippen molar-refractivity contribution in [3.63, 3.8) is 0 Å². The summed E-state index contributed by atoms with van der Waals surface area (Å²) in [5.41, 5.74) is 1.42. The summed E-state index contributed by atoms with van der Waals surface area (Å²) in [7, 11) is 0. The molecule has 0 unspecified atom stereocenters. The molecule has 0 bridgehead atoms. The van der Waals surface area contributed by atoms with Gasteiger partial charge in [-0.1, -0.05) is 6.92 Å². The van der Waals surface area contributed by atoms with Crippen molar-refractivity contribution in [2.24, 2.45) is 0 Å². The molecule has 1 atom stereocenters. The van der Waals surface area contributed by atoms with E-state index in [1.807, 2.05) is 20.8 Å². The largest absolute Gasteiger partial charge is 0.351 e. The Hall–Kier alpha value is -2.16. The second-order valence-corrected chi connectivity index (χ2v) is 6.56. The van der Waals surface area contributed by atoms with E-state index >= 15 is 0 Å². The first-order chi connectivity index (χ1) is 11.9. The number of carbonyl (C=O) groups is 2. The van der Waals surface area contributed by atoms with Crippen LogP contribution >= 0.6 is 15.9 Å². The maximum atomic E-state index is 12.6. The summed E-state index contributed by atoms with van der Waals surface area (Å²) in [4.78, 5) is 24.8. The maximum absolute atomic E-state index is 12.6. The first-order valence-electron chi connectivity index (χ1n) is 8.25. The zero-order valence-electron chi connectivity index (χ0n) is 14.8. The number of aromatic nitrogens is 4. The van der Waals surface area contributed by atoms with Crippen LogP contribution in [0.15, 0.2) is 16.9 Å². The van der Waals surface area contributed by atoms with Crippen molar-refractivity contribution in [1.29, 1.82) is 0 Å². The molecule has 0 fully saturated rings. The van der Waals surface area contributed by atoms with E-state index in [4.69, 9.17) is 0 Å². The maximum Gasteiger partial charge on any atom is 0.273 e. The molecule has 2 N–H and O–H groups in total. The molecule has 0 saturated heterocycles. The van der Waals surface area contributed by atoms with E-state index in [-0.39, 0.29) is 17.5 Å². The Labute approximate surface area is 155 Å². The minimum atomic E-state index is -0.526. The van der Waals surface area contributed by atoms with E-state index in [1.165, 1.54) is 0 Å². The van der Waals surface area contributed by atoms with Gasteiger partial charge in [-0.25, -0.2) is 0 Å². The Morgan fingerprint density at radius 1 is 1.28 bits per heavy atom. The van der Waals surface area contributed by atoms with Crippen molar-refractivity contribution >= 4 is 33.4 Å². The van der Waals surface area contributed by atoms with Crippen LogP contribution < -0.4 is 10.6 Å². The monoisotopic (exact) mass is 410 g/mol. The number of hydrogen-bond donors (Lipinski definition) is 2. The molecular formula is C16H23BrN6O2. The smallest absolute Gasteiger partial charge is 0.273 e. The lowest BCUT2D eigenvalue weighted by atomic mass is 10.3. The average molecular weight is 411 g/mol. The molecule has 2 rings (SSSR count). The number of carbonyl (C=O) groups excluding carboxylic acids is 2. The van der Waals surface area contributed by atoms with Crippen molar-refractivity contribution in [1.82, 2.24) is 24.9 Å². The fourth-order valence-electron chi connectivity index (χ4n) is 2.18. The molecule has 2 aromatic heterocycles. The van der Waals surface area contributed by atoms with Gasteiger partial charge in [0, 0.05) is 25.5 Å². The van der Waals surface area contributed by atoms with Gasteiger partial charge in [0.15, 0.2) is 5.69 Å². The van der Waals surface area contributed by atoms with E-state index in [0.717, 1.165) is 16.6 Å². The van der Waals surface area contributed by atoms with Crippen LogP contribution in [0.2, 0.25) is 0 Å². The highest BCUT2D eigenvalue weighted by Gasteiger charge is 2.22. The number of nitrogens with one attached hydrogen (secondary N) is 2. The Bertz CT molecular complexity index is 747. The summed E-state index contributed by atoms with van der Waals surface area (Å²) in [6.45, 7) is 8.65. The molecule has 0 aliphatic rings. The van der Waals surface area contributed by atoms with Crippen LogP contribution in [0.3, 0.4) is 0 Å². The summed E-state index contributed by atoms with van der Waals surface area (Å²) in [5, 5.41) is 14.1. The fourth-order valence-corrected chi connectivity index (χ4v) is 2.47. The van der Waals surface area contributed by atoms with Gasteiger partial charge < -0.3 is 10.6 Å². The van der Waals surface area contributed by atoms with Crippen molar-refractivity contribution < 1.29 is 9.59 Å². The van der Waals surface area contributed by atoms with Gasteiger partial charge in [0.1, 0.15) is 6.04 Å². The van der Waals surface area contributed by atoms with Gasteiger partial charge in [0.05, 0.1) is 15.9 Å². The van der Waals surface area contributed by atoms with Gasteiger partial charge in [-0.05, 0) is 43.1 Å². The molecule has 0 aromatic carbocycles. The molecule has 25 heavy (non-hydrogen) atoms. The molecule has 9 heteroatoms. The number of amides is 2. The molecule has 0 aliphatic heterocycles. The number of anilines is 1. The third kappa shape index (κ3) is 4.47. The fraction of sp³-hybridized carbons (Fsp3) is 0.500. The molecular weight excluding hydrogens is 388 g/mol. The predicted octanol–water partition coefficient (Wildman–Crippen LogP) is 2.51. The molecule has 0 aliphatic carbocycles. The molecule has 0 spiro atoms. The number of rotatable bonds is 7. The van der Waals surface area contributed by atoms with Gasteiger partial charge in [-0.3, -0.25) is 19.0 Å². The van der Waals surface area contributed by atoms with Gasteiger partial charge in [0.2, 0.25) is 5.91 Å². The van der Waals surface area contributed by atoms with Crippen LogP contribution in [0.25, 0.3) is 0 Å². The van der Waals surface area contributed by atoms with E-state index in [1.54, 1.807) is 28.7 Å². The zero-order chi connectivity index (χ0) is 18.6. The third-order valence-electron chi connectivity index (χ3n) is 3.73. The van der Waals surface area contributed by atoms with Crippen LogP contribution in [-0.4, -0.2) is 37.9 Å². The van der Waals surface area contributed by atoms with Gasteiger partial charge >= 0.3 is 0 Å². The summed E-state index contributed by atoms with van der Waals surface area (Å²) in [5.74, 6) is -0.565. The molecule has 0 radical (unpaired) electrons. The van der Waals surface area contributed by atoms with Crippen molar-refractivity contribution in [2.75, 3.05) is 11.9 Å². The second-order valence-electron chi connectivity index (χ2n) is 5.71. The summed E-state index contributed by atoms with van der Waals surface area (Å²) in [6.07, 6.45) is 4.24. The van der Waals surface area contributed by atoms with Crippen LogP contribution in [0.5, 0.6) is 0 Å². The standard InChI is InChI=1S/C16H23BrN6O2/c1-5-7-18-16(25)14-13(9-22(6-2)21-14)19-15(24)11(4)23-8-12(17)10(3)20-23/h8-9,11H,5-7H2,1-4H3,(H,18,25)(H,19,24)/t11-/m1/s1. The highest BCUT2D eigenvalue weighted by atomic mass is 79.9. The minimum absolute atomic E-state index is 0.216. The predicted molar refractivity (Wildman–Crippen MR) is 98.5 cm³/mol. The first kappa shape index (κ1) is 19.2. The molecule has 2 heterocycles. The normalized spacial score (nSPS) is 12.0. The number of hydrogen-bond acceptors (Lipinski definition) is 4. The lowest BCUT2D eigenvalue weighted by molar-refractivity contribution is -0.119. The molecule has 8 nitrogen and oxygen atoms in total. The lowest BCUT2D eigenvalue weighted by Crippen LogP contribution is -2.28. The van der Waals surface area contributed by atoms with Crippen molar-refractivity contribution in [2.45, 2.75) is 46.7 Å². The van der Waals surface area contributed by atoms with E-state index < -0.39 is 6.04 Å². The summed E-state index contributed by atoms with van der Waals surface area (Å²) in [6, 6.07) is -0.526. The molecule has 2 aromatic rings. The molecule has 136 valence electrons. The Morgan fingerprint density at radius 3 is 2.56 bits per heavy atom. The minimum Gasteiger partial charge on any atom is -0.351 e. The molecule has 2 amide bonds. The van der Waals surface area contributed by atoms with E-state index in [2.05, 4.69) is 36.8 Å². The van der Waals surface area contributed by atoms with Crippen LogP contribution in [-0.2, 0) is 11.3 Å². The first-order valence-corrected chi connectivity index (χ1v) is 9.04.